The van der Waals surface area contributed by atoms with Crippen LogP contribution >= 0.6 is 0 Å². The van der Waals surface area contributed by atoms with Crippen LogP contribution in [0.2, 0.25) is 0 Å². The molecule has 0 bridgehead atoms. The lowest BCUT2D eigenvalue weighted by Gasteiger charge is -2.14. The third-order valence-electron chi connectivity index (χ3n) is 7.26. The van der Waals surface area contributed by atoms with Gasteiger partial charge in [0.25, 0.3) is 0 Å². The summed E-state index contributed by atoms with van der Waals surface area (Å²) in [5, 5.41) is 0. The van der Waals surface area contributed by atoms with Gasteiger partial charge < -0.3 is 4.74 Å². The minimum absolute atomic E-state index is 0.116. The van der Waals surface area contributed by atoms with Crippen LogP contribution in [-0.2, 0) is 14.5 Å². The number of carbonyl (C=O) groups excluding carboxylic acids is 2. The summed E-state index contributed by atoms with van der Waals surface area (Å²) in [6, 6.07) is 22.9. The summed E-state index contributed by atoms with van der Waals surface area (Å²) in [7, 11) is 0. The first-order valence-electron chi connectivity index (χ1n) is 15.4. The summed E-state index contributed by atoms with van der Waals surface area (Å²) in [6.45, 7) is 6.72. The second kappa shape index (κ2) is 18.1. The molecule has 0 unspecified atom stereocenters. The van der Waals surface area contributed by atoms with Crippen LogP contribution < -0.4 is 0 Å². The van der Waals surface area contributed by atoms with Crippen molar-refractivity contribution in [2.45, 2.75) is 97.5 Å². The van der Waals surface area contributed by atoms with Crippen molar-refractivity contribution in [2.75, 3.05) is 6.61 Å². The van der Waals surface area contributed by atoms with Crippen molar-refractivity contribution in [1.29, 1.82) is 0 Å². The monoisotopic (exact) mass is 558 g/mol. The van der Waals surface area contributed by atoms with Crippen LogP contribution in [0.25, 0.3) is 22.3 Å². The molecular weight excluding hydrogens is 512 g/mol. The molecule has 41 heavy (non-hydrogen) atoms. The second-order valence-electron chi connectivity index (χ2n) is 10.7. The maximum Gasteiger partial charge on any atom is 0.373 e. The van der Waals surface area contributed by atoms with Crippen LogP contribution in [0, 0.1) is 0 Å². The highest BCUT2D eigenvalue weighted by Crippen LogP contribution is 2.33. The number of carbonyl (C=O) groups is 2. The Balaban J connectivity index is 1.69. The van der Waals surface area contributed by atoms with Gasteiger partial charge in [0, 0.05) is 0 Å². The van der Waals surface area contributed by atoms with Gasteiger partial charge in [-0.25, -0.2) is 9.59 Å². The zero-order valence-electron chi connectivity index (χ0n) is 25.0. The molecule has 0 aliphatic carbocycles. The Labute approximate surface area is 246 Å². The van der Waals surface area contributed by atoms with Crippen molar-refractivity contribution >= 4 is 11.9 Å². The van der Waals surface area contributed by atoms with Gasteiger partial charge in [-0.3, -0.25) is 4.89 Å². The van der Waals surface area contributed by atoms with E-state index in [1.54, 1.807) is 18.2 Å². The molecule has 0 heterocycles. The normalized spacial score (nSPS) is 11.7. The van der Waals surface area contributed by atoms with Crippen LogP contribution in [0.4, 0.5) is 0 Å². The predicted molar refractivity (Wildman–Crippen MR) is 166 cm³/mol. The first-order chi connectivity index (χ1) is 20.0. The van der Waals surface area contributed by atoms with Gasteiger partial charge in [0.15, 0.2) is 0 Å². The zero-order chi connectivity index (χ0) is 29.3. The molecule has 0 saturated heterocycles. The minimum Gasteiger partial charge on any atom is -0.459 e. The fourth-order valence-electron chi connectivity index (χ4n) is 4.82. The molecule has 3 rings (SSSR count). The van der Waals surface area contributed by atoms with E-state index in [0.29, 0.717) is 17.7 Å². The Bertz CT molecular complexity index is 1190. The molecule has 0 spiro atoms. The van der Waals surface area contributed by atoms with E-state index in [1.165, 1.54) is 38.5 Å². The number of hydrogen-bond acceptors (Lipinski definition) is 5. The molecule has 1 atom stereocenters. The van der Waals surface area contributed by atoms with E-state index in [-0.39, 0.29) is 12.1 Å². The molecule has 3 aromatic rings. The van der Waals surface area contributed by atoms with Gasteiger partial charge in [0.2, 0.25) is 0 Å². The number of rotatable bonds is 18. The van der Waals surface area contributed by atoms with Gasteiger partial charge in [-0.05, 0) is 72.7 Å². The molecule has 0 saturated carbocycles. The largest absolute Gasteiger partial charge is 0.459 e. The van der Waals surface area contributed by atoms with Crippen molar-refractivity contribution in [3.8, 4) is 22.3 Å². The van der Waals surface area contributed by atoms with Crippen molar-refractivity contribution in [3.05, 3.63) is 83.9 Å². The lowest BCUT2D eigenvalue weighted by atomic mass is 9.92. The SMILES string of the molecule is CCCCCCCCOOC(=O)c1ccc(-c2ccccc2)c(-c2ccc(C(=O)O[C@H](C)CCCCCC)cc2)c1. The van der Waals surface area contributed by atoms with Crippen LogP contribution in [0.3, 0.4) is 0 Å². The van der Waals surface area contributed by atoms with Gasteiger partial charge in [0.1, 0.15) is 0 Å². The smallest absolute Gasteiger partial charge is 0.373 e. The molecule has 0 aliphatic rings. The molecule has 5 nitrogen and oxygen atoms in total. The van der Waals surface area contributed by atoms with Crippen molar-refractivity contribution in [2.24, 2.45) is 0 Å². The number of unbranched alkanes of at least 4 members (excludes halogenated alkanes) is 8. The summed E-state index contributed by atoms with van der Waals surface area (Å²) < 4.78 is 5.67. The van der Waals surface area contributed by atoms with Crippen molar-refractivity contribution < 1.29 is 24.1 Å². The third-order valence-corrected chi connectivity index (χ3v) is 7.26. The standard InChI is InChI=1S/C36H46O5/c1-4-6-8-10-11-16-26-39-41-36(38)32-24-25-33(29-18-14-12-15-19-29)34(27-32)30-20-22-31(23-21-30)35(37)40-28(3)17-13-9-7-5-2/h12,14-15,18-25,27-28H,4-11,13,16-17,26H2,1-3H3/t28-/m1/s1. The first kappa shape index (κ1) is 32.1. The number of hydrogen-bond donors (Lipinski definition) is 0. The lowest BCUT2D eigenvalue weighted by molar-refractivity contribution is -0.241. The molecule has 3 aromatic carbocycles. The first-order valence-corrected chi connectivity index (χ1v) is 15.4. The summed E-state index contributed by atoms with van der Waals surface area (Å²) in [5.74, 6) is -0.840. The Morgan fingerprint density at radius 2 is 1.24 bits per heavy atom. The third kappa shape index (κ3) is 10.8. The van der Waals surface area contributed by atoms with Gasteiger partial charge in [-0.2, -0.15) is 4.89 Å². The maximum atomic E-state index is 12.8. The Hall–Kier alpha value is -3.44. The molecule has 220 valence electrons. The van der Waals surface area contributed by atoms with Crippen LogP contribution in [0.5, 0.6) is 0 Å². The van der Waals surface area contributed by atoms with Gasteiger partial charge in [-0.15, -0.1) is 0 Å². The maximum absolute atomic E-state index is 12.8. The highest BCUT2D eigenvalue weighted by molar-refractivity contribution is 5.95. The highest BCUT2D eigenvalue weighted by Gasteiger charge is 2.16. The van der Waals surface area contributed by atoms with E-state index < -0.39 is 5.97 Å². The van der Waals surface area contributed by atoms with Crippen LogP contribution in [0.1, 0.15) is 112 Å². The Morgan fingerprint density at radius 3 is 1.95 bits per heavy atom. The molecular formula is C36H46O5. The minimum atomic E-state index is -0.523. The fraction of sp³-hybridized carbons (Fsp3) is 0.444. The fourth-order valence-corrected chi connectivity index (χ4v) is 4.82. The zero-order valence-corrected chi connectivity index (χ0v) is 25.0. The predicted octanol–water partition coefficient (Wildman–Crippen LogP) is 9.99. The van der Waals surface area contributed by atoms with Gasteiger partial charge in [-0.1, -0.05) is 114 Å². The highest BCUT2D eigenvalue weighted by atomic mass is 17.2. The molecule has 0 N–H and O–H groups in total. The molecule has 0 amide bonds. The molecule has 0 radical (unpaired) electrons. The topological polar surface area (TPSA) is 61.8 Å². The number of ether oxygens (including phenoxy) is 1. The number of esters is 1. The molecule has 0 aliphatic heterocycles. The molecule has 0 aromatic heterocycles. The van der Waals surface area contributed by atoms with Crippen LogP contribution in [-0.4, -0.2) is 24.6 Å². The summed E-state index contributed by atoms with van der Waals surface area (Å²) in [5.41, 5.74) is 4.67. The quantitative estimate of drug-likeness (QED) is 0.0673. The Morgan fingerprint density at radius 1 is 0.634 bits per heavy atom. The molecule has 5 heteroatoms. The van der Waals surface area contributed by atoms with E-state index >= 15 is 0 Å². The van der Waals surface area contributed by atoms with E-state index in [0.717, 1.165) is 54.4 Å². The Kier molecular flexibility index (Phi) is 14.2. The van der Waals surface area contributed by atoms with E-state index in [4.69, 9.17) is 14.5 Å². The summed E-state index contributed by atoms with van der Waals surface area (Å²) in [4.78, 5) is 35.9. The van der Waals surface area contributed by atoms with Gasteiger partial charge in [0.05, 0.1) is 23.8 Å². The van der Waals surface area contributed by atoms with E-state index in [2.05, 4.69) is 13.8 Å². The van der Waals surface area contributed by atoms with E-state index in [9.17, 15) is 9.59 Å². The summed E-state index contributed by atoms with van der Waals surface area (Å²) in [6.07, 6.45) is 12.2. The number of benzene rings is 3. The summed E-state index contributed by atoms with van der Waals surface area (Å²) >= 11 is 0. The average molecular weight is 559 g/mol. The van der Waals surface area contributed by atoms with Gasteiger partial charge >= 0.3 is 11.9 Å². The molecule has 0 fully saturated rings. The van der Waals surface area contributed by atoms with Crippen molar-refractivity contribution in [1.82, 2.24) is 0 Å². The average Bonchev–Trinajstić information content (AvgIpc) is 3.00. The van der Waals surface area contributed by atoms with E-state index in [1.807, 2.05) is 61.5 Å². The van der Waals surface area contributed by atoms with Crippen LogP contribution in [0.15, 0.2) is 72.8 Å². The lowest BCUT2D eigenvalue weighted by Crippen LogP contribution is -2.15. The second-order valence-corrected chi connectivity index (χ2v) is 10.7. The van der Waals surface area contributed by atoms with Crippen molar-refractivity contribution in [3.63, 3.8) is 0 Å².